The van der Waals surface area contributed by atoms with Crippen LogP contribution in [0.1, 0.15) is 52.3 Å². The van der Waals surface area contributed by atoms with Crippen LogP contribution in [0.15, 0.2) is 34.5 Å². The van der Waals surface area contributed by atoms with Crippen LogP contribution in [0.5, 0.6) is 0 Å². The zero-order chi connectivity index (χ0) is 24.2. The number of esters is 2. The van der Waals surface area contributed by atoms with Crippen LogP contribution >= 0.6 is 11.3 Å². The Labute approximate surface area is 196 Å². The molecule has 0 radical (unpaired) electrons. The smallest absolute Gasteiger partial charge is 0.338 e. The van der Waals surface area contributed by atoms with E-state index in [1.54, 1.807) is 19.9 Å². The van der Waals surface area contributed by atoms with Crippen molar-refractivity contribution in [2.24, 2.45) is 0 Å². The first-order valence-electron chi connectivity index (χ1n) is 10.6. The van der Waals surface area contributed by atoms with Crippen LogP contribution in [0.25, 0.3) is 0 Å². The van der Waals surface area contributed by atoms with Gasteiger partial charge in [0.15, 0.2) is 0 Å². The van der Waals surface area contributed by atoms with Crippen molar-refractivity contribution in [2.45, 2.75) is 43.9 Å². The Morgan fingerprint density at radius 1 is 1.06 bits per heavy atom. The minimum Gasteiger partial charge on any atom is -0.462 e. The molecule has 1 aliphatic heterocycles. The van der Waals surface area contributed by atoms with Gasteiger partial charge in [-0.15, -0.1) is 11.3 Å². The largest absolute Gasteiger partial charge is 0.462 e. The lowest BCUT2D eigenvalue weighted by atomic mass is 10.1. The van der Waals surface area contributed by atoms with Crippen LogP contribution in [-0.2, 0) is 24.3 Å². The monoisotopic (exact) mass is 494 g/mol. The summed E-state index contributed by atoms with van der Waals surface area (Å²) in [6.07, 6.45) is 0.899. The van der Waals surface area contributed by atoms with Gasteiger partial charge in [0.05, 0.1) is 24.3 Å². The Hall–Kier alpha value is -2.76. The normalized spacial score (nSPS) is 16.4. The highest BCUT2D eigenvalue weighted by Crippen LogP contribution is 2.31. The molecule has 1 N–H and O–H groups in total. The number of amides is 1. The molecule has 1 aliphatic rings. The van der Waals surface area contributed by atoms with Crippen molar-refractivity contribution in [3.05, 3.63) is 46.3 Å². The number of nitrogens with one attached hydrogen (secondary N) is 1. The molecule has 2 heterocycles. The molecule has 1 unspecified atom stereocenters. The van der Waals surface area contributed by atoms with E-state index in [4.69, 9.17) is 9.47 Å². The van der Waals surface area contributed by atoms with E-state index in [1.165, 1.54) is 28.6 Å². The topological polar surface area (TPSA) is 119 Å². The number of ether oxygens (including phenoxy) is 2. The molecule has 0 spiro atoms. The van der Waals surface area contributed by atoms with Crippen LogP contribution in [0, 0.1) is 6.92 Å². The van der Waals surface area contributed by atoms with Gasteiger partial charge in [0.2, 0.25) is 5.91 Å². The summed E-state index contributed by atoms with van der Waals surface area (Å²) in [6.45, 7) is 5.63. The summed E-state index contributed by atoms with van der Waals surface area (Å²) in [5.74, 6) is -1.85. The molecule has 1 aromatic heterocycles. The minimum absolute atomic E-state index is 0.0719. The van der Waals surface area contributed by atoms with E-state index >= 15 is 0 Å². The van der Waals surface area contributed by atoms with E-state index < -0.39 is 33.9 Å². The first-order chi connectivity index (χ1) is 15.7. The molecule has 11 heteroatoms. The van der Waals surface area contributed by atoms with E-state index in [2.05, 4.69) is 5.32 Å². The third kappa shape index (κ3) is 5.60. The van der Waals surface area contributed by atoms with Crippen LogP contribution in [0.4, 0.5) is 5.69 Å². The number of aryl methyl sites for hydroxylation is 1. The molecular weight excluding hydrogens is 468 g/mol. The molecule has 0 bridgehead atoms. The lowest BCUT2D eigenvalue weighted by Crippen LogP contribution is -2.42. The van der Waals surface area contributed by atoms with Gasteiger partial charge in [0.1, 0.15) is 10.3 Å². The molecular formula is C22H26N2O7S2. The number of anilines is 1. The van der Waals surface area contributed by atoms with Crippen LogP contribution < -0.4 is 5.32 Å². The maximum atomic E-state index is 13.1. The molecule has 2 aromatic rings. The van der Waals surface area contributed by atoms with Gasteiger partial charge in [0.25, 0.3) is 10.0 Å². The zero-order valence-corrected chi connectivity index (χ0v) is 20.3. The second kappa shape index (κ2) is 10.4. The Kier molecular flexibility index (Phi) is 7.88. The molecule has 3 rings (SSSR count). The lowest BCUT2D eigenvalue weighted by molar-refractivity contribution is -0.119. The molecule has 1 amide bonds. The van der Waals surface area contributed by atoms with E-state index in [-0.39, 0.29) is 40.8 Å². The van der Waals surface area contributed by atoms with Crippen molar-refractivity contribution >= 4 is 44.9 Å². The summed E-state index contributed by atoms with van der Waals surface area (Å²) in [5, 5.41) is 2.66. The highest BCUT2D eigenvalue weighted by molar-refractivity contribution is 7.91. The summed E-state index contributed by atoms with van der Waals surface area (Å²) in [4.78, 5) is 38.4. The average Bonchev–Trinajstić information content (AvgIpc) is 3.44. The van der Waals surface area contributed by atoms with Gasteiger partial charge in [-0.25, -0.2) is 18.0 Å². The minimum atomic E-state index is -3.82. The molecule has 1 atom stereocenters. The maximum absolute atomic E-state index is 13.1. The number of nitrogens with zero attached hydrogens (tertiary/aromatic N) is 1. The van der Waals surface area contributed by atoms with Gasteiger partial charge < -0.3 is 14.8 Å². The molecule has 0 saturated carbocycles. The fourth-order valence-electron chi connectivity index (χ4n) is 3.55. The highest BCUT2D eigenvalue weighted by atomic mass is 32.2. The Balaban J connectivity index is 1.87. The van der Waals surface area contributed by atoms with Crippen molar-refractivity contribution in [3.8, 4) is 0 Å². The van der Waals surface area contributed by atoms with Crippen molar-refractivity contribution < 1.29 is 32.3 Å². The zero-order valence-electron chi connectivity index (χ0n) is 18.6. The number of rotatable bonds is 8. The third-order valence-electron chi connectivity index (χ3n) is 5.01. The van der Waals surface area contributed by atoms with E-state index in [9.17, 15) is 22.8 Å². The number of sulfonamides is 1. The second-order valence-corrected chi connectivity index (χ2v) is 10.8. The van der Waals surface area contributed by atoms with Gasteiger partial charge in [-0.2, -0.15) is 4.31 Å². The molecule has 1 saturated heterocycles. The van der Waals surface area contributed by atoms with Crippen molar-refractivity contribution in [1.29, 1.82) is 0 Å². The summed E-state index contributed by atoms with van der Waals surface area (Å²) in [7, 11) is -3.82. The first kappa shape index (κ1) is 24.9. The fourth-order valence-corrected chi connectivity index (χ4v) is 6.62. The Bertz CT molecular complexity index is 1120. The van der Waals surface area contributed by atoms with Crippen LogP contribution in [0.3, 0.4) is 0 Å². The van der Waals surface area contributed by atoms with E-state index in [0.717, 1.165) is 16.2 Å². The standard InChI is InChI=1S/C22H26N2O7S2/c1-4-30-21(26)15-11-16(22(27)31-5-2)13-17(12-15)23-20(25)18-7-6-10-24(18)33(28,29)19-9-8-14(3)32-19/h8-9,11-13,18H,4-7,10H2,1-3H3,(H,23,25). The van der Waals surface area contributed by atoms with E-state index in [1.807, 2.05) is 6.92 Å². The van der Waals surface area contributed by atoms with Crippen LogP contribution in [-0.4, -0.2) is 56.4 Å². The Morgan fingerprint density at radius 3 is 2.18 bits per heavy atom. The van der Waals surface area contributed by atoms with Gasteiger partial charge in [-0.1, -0.05) is 0 Å². The number of hydrogen-bond donors (Lipinski definition) is 1. The van der Waals surface area contributed by atoms with Gasteiger partial charge in [0, 0.05) is 17.1 Å². The molecule has 1 aromatic carbocycles. The molecule has 0 aliphatic carbocycles. The number of benzene rings is 1. The molecule has 1 fully saturated rings. The predicted octanol–water partition coefficient (Wildman–Crippen LogP) is 3.20. The number of thiophene rings is 1. The highest BCUT2D eigenvalue weighted by Gasteiger charge is 2.40. The summed E-state index contributed by atoms with van der Waals surface area (Å²) in [6, 6.07) is 6.45. The maximum Gasteiger partial charge on any atom is 0.338 e. The first-order valence-corrected chi connectivity index (χ1v) is 12.8. The quantitative estimate of drug-likeness (QED) is 0.560. The molecule has 178 valence electrons. The number of hydrogen-bond acceptors (Lipinski definition) is 8. The molecule has 33 heavy (non-hydrogen) atoms. The predicted molar refractivity (Wildman–Crippen MR) is 123 cm³/mol. The van der Waals surface area contributed by atoms with Crippen molar-refractivity contribution in [3.63, 3.8) is 0 Å². The van der Waals surface area contributed by atoms with Gasteiger partial charge in [-0.3, -0.25) is 4.79 Å². The average molecular weight is 495 g/mol. The van der Waals surface area contributed by atoms with Crippen LogP contribution in [0.2, 0.25) is 0 Å². The summed E-state index contributed by atoms with van der Waals surface area (Å²) in [5.41, 5.74) is 0.315. The molecule has 9 nitrogen and oxygen atoms in total. The number of carbonyl (C=O) groups excluding carboxylic acids is 3. The Morgan fingerprint density at radius 2 is 1.67 bits per heavy atom. The van der Waals surface area contributed by atoms with Gasteiger partial charge >= 0.3 is 11.9 Å². The second-order valence-electron chi connectivity index (χ2n) is 7.37. The van der Waals surface area contributed by atoms with Crippen molar-refractivity contribution in [1.82, 2.24) is 4.31 Å². The van der Waals surface area contributed by atoms with Crippen molar-refractivity contribution in [2.75, 3.05) is 25.1 Å². The third-order valence-corrected chi connectivity index (χ3v) is 8.38. The SMILES string of the molecule is CCOC(=O)c1cc(NC(=O)C2CCCN2S(=O)(=O)c2ccc(C)s2)cc(C(=O)OCC)c1. The summed E-state index contributed by atoms with van der Waals surface area (Å²) >= 11 is 1.15. The lowest BCUT2D eigenvalue weighted by Gasteiger charge is -2.23. The number of carbonyl (C=O) groups is 3. The van der Waals surface area contributed by atoms with E-state index in [0.29, 0.717) is 12.8 Å². The summed E-state index contributed by atoms with van der Waals surface area (Å²) < 4.78 is 37.6. The van der Waals surface area contributed by atoms with Gasteiger partial charge in [-0.05, 0) is 63.9 Å². The fraction of sp³-hybridized carbons (Fsp3) is 0.409.